The number of nitrogens with zero attached hydrogens (tertiary/aromatic N) is 2. The van der Waals surface area contributed by atoms with E-state index in [1.807, 2.05) is 35.2 Å². The summed E-state index contributed by atoms with van der Waals surface area (Å²) >= 11 is 0. The molecule has 186 valence electrons. The lowest BCUT2D eigenvalue weighted by atomic mass is 9.68. The van der Waals surface area contributed by atoms with Crippen LogP contribution in [0.2, 0.25) is 0 Å². The monoisotopic (exact) mass is 474 g/mol. The van der Waals surface area contributed by atoms with E-state index in [1.165, 1.54) is 17.5 Å². The van der Waals surface area contributed by atoms with Crippen molar-refractivity contribution in [3.05, 3.63) is 65.7 Å². The number of ether oxygens (including phenoxy) is 1. The largest absolute Gasteiger partial charge is 0.373 e. The van der Waals surface area contributed by atoms with Crippen molar-refractivity contribution in [2.24, 2.45) is 0 Å². The van der Waals surface area contributed by atoms with Gasteiger partial charge in [0.2, 0.25) is 11.8 Å². The fourth-order valence-electron chi connectivity index (χ4n) is 6.65. The van der Waals surface area contributed by atoms with Crippen molar-refractivity contribution in [1.82, 2.24) is 4.90 Å². The zero-order valence-corrected chi connectivity index (χ0v) is 21.2. The lowest BCUT2D eigenvalue weighted by Crippen LogP contribution is -2.53. The molecule has 0 bridgehead atoms. The van der Waals surface area contributed by atoms with Crippen LogP contribution in [0.15, 0.2) is 54.6 Å². The van der Waals surface area contributed by atoms with E-state index in [9.17, 15) is 9.59 Å². The van der Waals surface area contributed by atoms with Crippen LogP contribution in [0, 0.1) is 6.92 Å². The number of benzene rings is 2. The minimum absolute atomic E-state index is 0.0365. The molecule has 2 aliphatic heterocycles. The predicted molar refractivity (Wildman–Crippen MR) is 138 cm³/mol. The number of amides is 2. The van der Waals surface area contributed by atoms with Crippen LogP contribution in [-0.4, -0.2) is 48.1 Å². The second-order valence-electron chi connectivity index (χ2n) is 10.9. The van der Waals surface area contributed by atoms with Crippen LogP contribution in [0.5, 0.6) is 0 Å². The summed E-state index contributed by atoms with van der Waals surface area (Å²) in [5.41, 5.74) is 2.72. The Morgan fingerprint density at radius 2 is 1.57 bits per heavy atom. The number of rotatable bonds is 4. The highest BCUT2D eigenvalue weighted by Crippen LogP contribution is 2.44. The molecule has 1 saturated carbocycles. The topological polar surface area (TPSA) is 49.9 Å². The van der Waals surface area contributed by atoms with E-state index in [1.54, 1.807) is 6.92 Å². The number of carbonyl (C=O) groups excluding carboxylic acids is 2. The lowest BCUT2D eigenvalue weighted by molar-refractivity contribution is -0.143. The number of aryl methyl sites for hydroxylation is 1. The van der Waals surface area contributed by atoms with Gasteiger partial charge in [0.05, 0.1) is 23.7 Å². The molecule has 1 unspecified atom stereocenters. The van der Waals surface area contributed by atoms with Gasteiger partial charge in [-0.15, -0.1) is 0 Å². The molecular formula is C30H38N2O3. The molecule has 2 amide bonds. The smallest absolute Gasteiger partial charge is 0.233 e. The Morgan fingerprint density at radius 3 is 2.20 bits per heavy atom. The maximum absolute atomic E-state index is 14.0. The van der Waals surface area contributed by atoms with Crippen LogP contribution < -0.4 is 4.90 Å². The predicted octanol–water partition coefficient (Wildman–Crippen LogP) is 5.40. The number of piperidine rings is 1. The first-order chi connectivity index (χ1) is 16.9. The standard InChI is InChI=1S/C30H38N2O3/c1-23-11-13-25(14-12-23)30(15-7-4-8-16-30)28(34)31-19-17-29(18-20-31)21-27(22-35-29)32(24(2)33)26-9-5-3-6-10-26/h3,5-6,9-14,27H,4,7-8,15-22H2,1-2H3. The average Bonchev–Trinajstić information content (AvgIpc) is 3.28. The number of para-hydroxylation sites is 1. The molecule has 1 aliphatic carbocycles. The van der Waals surface area contributed by atoms with E-state index >= 15 is 0 Å². The molecule has 3 aliphatic rings. The van der Waals surface area contributed by atoms with Crippen molar-refractivity contribution in [2.45, 2.75) is 82.3 Å². The van der Waals surface area contributed by atoms with Crippen molar-refractivity contribution in [1.29, 1.82) is 0 Å². The highest BCUT2D eigenvalue weighted by atomic mass is 16.5. The van der Waals surface area contributed by atoms with Gasteiger partial charge >= 0.3 is 0 Å². The first kappa shape index (κ1) is 24.1. The van der Waals surface area contributed by atoms with Gasteiger partial charge in [-0.3, -0.25) is 9.59 Å². The molecule has 2 heterocycles. The third kappa shape index (κ3) is 4.63. The number of likely N-dealkylation sites (tertiary alicyclic amines) is 1. The summed E-state index contributed by atoms with van der Waals surface area (Å²) in [6, 6.07) is 18.6. The fourth-order valence-corrected chi connectivity index (χ4v) is 6.65. The molecule has 0 aromatic heterocycles. The van der Waals surface area contributed by atoms with Crippen LogP contribution in [0.3, 0.4) is 0 Å². The second-order valence-corrected chi connectivity index (χ2v) is 10.9. The summed E-state index contributed by atoms with van der Waals surface area (Å²) in [6.45, 7) is 5.74. The first-order valence-electron chi connectivity index (χ1n) is 13.3. The average molecular weight is 475 g/mol. The molecule has 2 aromatic carbocycles. The Hall–Kier alpha value is -2.66. The zero-order chi connectivity index (χ0) is 24.5. The third-order valence-corrected chi connectivity index (χ3v) is 8.61. The minimum Gasteiger partial charge on any atom is -0.373 e. The van der Waals surface area contributed by atoms with Gasteiger partial charge in [0.25, 0.3) is 0 Å². The molecule has 0 radical (unpaired) electrons. The molecule has 5 rings (SSSR count). The molecule has 5 nitrogen and oxygen atoms in total. The Kier molecular flexibility index (Phi) is 6.71. The molecular weight excluding hydrogens is 436 g/mol. The van der Waals surface area contributed by atoms with Crippen molar-refractivity contribution < 1.29 is 14.3 Å². The lowest BCUT2D eigenvalue weighted by Gasteiger charge is -2.45. The van der Waals surface area contributed by atoms with Gasteiger partial charge in [-0.1, -0.05) is 67.3 Å². The van der Waals surface area contributed by atoms with Crippen LogP contribution in [0.4, 0.5) is 5.69 Å². The highest BCUT2D eigenvalue weighted by Gasteiger charge is 2.49. The van der Waals surface area contributed by atoms with Crippen LogP contribution in [-0.2, 0) is 19.7 Å². The number of hydrogen-bond acceptors (Lipinski definition) is 3. The molecule has 3 fully saturated rings. The molecule has 2 aromatic rings. The summed E-state index contributed by atoms with van der Waals surface area (Å²) < 4.78 is 6.41. The Bertz CT molecular complexity index is 1040. The molecule has 2 saturated heterocycles. The number of anilines is 1. The van der Waals surface area contributed by atoms with Gasteiger partial charge in [-0.05, 0) is 56.7 Å². The summed E-state index contributed by atoms with van der Waals surface area (Å²) in [5, 5.41) is 0. The maximum atomic E-state index is 14.0. The Morgan fingerprint density at radius 1 is 0.914 bits per heavy atom. The Balaban J connectivity index is 1.28. The molecule has 0 N–H and O–H groups in total. The first-order valence-corrected chi connectivity index (χ1v) is 13.3. The van der Waals surface area contributed by atoms with E-state index < -0.39 is 0 Å². The molecule has 1 spiro atoms. The van der Waals surface area contributed by atoms with Gasteiger partial charge < -0.3 is 14.5 Å². The van der Waals surface area contributed by atoms with E-state index in [0.29, 0.717) is 12.5 Å². The van der Waals surface area contributed by atoms with Crippen LogP contribution in [0.1, 0.15) is 69.4 Å². The zero-order valence-electron chi connectivity index (χ0n) is 21.2. The minimum atomic E-state index is -0.381. The van der Waals surface area contributed by atoms with E-state index in [4.69, 9.17) is 4.74 Å². The maximum Gasteiger partial charge on any atom is 0.233 e. The summed E-state index contributed by atoms with van der Waals surface area (Å²) in [6.07, 6.45) is 7.82. The molecule has 35 heavy (non-hydrogen) atoms. The SMILES string of the molecule is CC(=O)N(c1ccccc1)C1COC2(CCN(C(=O)C3(c4ccc(C)cc4)CCCCC3)CC2)C1. The van der Waals surface area contributed by atoms with Crippen molar-refractivity contribution >= 4 is 17.5 Å². The van der Waals surface area contributed by atoms with Crippen LogP contribution >= 0.6 is 0 Å². The fraction of sp³-hybridized carbons (Fsp3) is 0.533. The number of hydrogen-bond donors (Lipinski definition) is 0. The number of carbonyl (C=O) groups is 2. The Labute approximate surface area is 209 Å². The van der Waals surface area contributed by atoms with E-state index in [2.05, 4.69) is 36.1 Å². The summed E-state index contributed by atoms with van der Waals surface area (Å²) in [5.74, 6) is 0.354. The van der Waals surface area contributed by atoms with Gasteiger partial charge in [0.1, 0.15) is 0 Å². The van der Waals surface area contributed by atoms with Gasteiger partial charge in [-0.2, -0.15) is 0 Å². The van der Waals surface area contributed by atoms with Crippen molar-refractivity contribution in [3.63, 3.8) is 0 Å². The molecule has 1 atom stereocenters. The van der Waals surface area contributed by atoms with Gasteiger partial charge in [0, 0.05) is 25.7 Å². The summed E-state index contributed by atoms with van der Waals surface area (Å²) in [4.78, 5) is 30.6. The van der Waals surface area contributed by atoms with Crippen LogP contribution in [0.25, 0.3) is 0 Å². The highest BCUT2D eigenvalue weighted by molar-refractivity contribution is 5.92. The second kappa shape index (κ2) is 9.77. The van der Waals surface area contributed by atoms with Gasteiger partial charge in [0.15, 0.2) is 0 Å². The van der Waals surface area contributed by atoms with Crippen molar-refractivity contribution in [2.75, 3.05) is 24.6 Å². The van der Waals surface area contributed by atoms with E-state index in [0.717, 1.165) is 63.7 Å². The van der Waals surface area contributed by atoms with Gasteiger partial charge in [-0.25, -0.2) is 0 Å². The summed E-state index contributed by atoms with van der Waals surface area (Å²) in [7, 11) is 0. The van der Waals surface area contributed by atoms with E-state index in [-0.39, 0.29) is 23.0 Å². The quantitative estimate of drug-likeness (QED) is 0.596. The molecule has 5 heteroatoms. The van der Waals surface area contributed by atoms with Crippen molar-refractivity contribution in [3.8, 4) is 0 Å². The normalized spacial score (nSPS) is 23.3. The third-order valence-electron chi connectivity index (χ3n) is 8.61.